The van der Waals surface area contributed by atoms with Gasteiger partial charge in [-0.05, 0) is 18.4 Å². The molecule has 126 valence electrons. The van der Waals surface area contributed by atoms with E-state index < -0.39 is 0 Å². The van der Waals surface area contributed by atoms with Gasteiger partial charge in [0.15, 0.2) is 0 Å². The topological polar surface area (TPSA) is 81.8 Å². The first kappa shape index (κ1) is 16.3. The van der Waals surface area contributed by atoms with E-state index in [2.05, 4.69) is 46.5 Å². The molecule has 1 aliphatic rings. The predicted molar refractivity (Wildman–Crippen MR) is 92.3 cm³/mol. The summed E-state index contributed by atoms with van der Waals surface area (Å²) in [7, 11) is 0. The smallest absolute Gasteiger partial charge is 0.136 e. The second kappa shape index (κ2) is 7.35. The average Bonchev–Trinajstić information content (AvgIpc) is 3.26. The molecule has 0 spiro atoms. The Hall–Kier alpha value is -2.55. The molecule has 0 saturated carbocycles. The number of hydrogen-bond donors (Lipinski definition) is 2. The Balaban J connectivity index is 1.96. The van der Waals surface area contributed by atoms with E-state index in [0.717, 1.165) is 41.2 Å². The Morgan fingerprint density at radius 3 is 3.04 bits per heavy atom. The van der Waals surface area contributed by atoms with Crippen LogP contribution in [0, 0.1) is 17.2 Å². The van der Waals surface area contributed by atoms with Gasteiger partial charge in [-0.3, -0.25) is 4.68 Å². The lowest BCUT2D eigenvalue weighted by Crippen LogP contribution is -2.37. The second-order valence-corrected chi connectivity index (χ2v) is 6.20. The van der Waals surface area contributed by atoms with E-state index in [0.29, 0.717) is 19.0 Å². The van der Waals surface area contributed by atoms with Gasteiger partial charge in [-0.1, -0.05) is 26.7 Å². The summed E-state index contributed by atoms with van der Waals surface area (Å²) in [6, 6.07) is 4.49. The maximum atomic E-state index is 9.24. The first-order chi connectivity index (χ1) is 11.8. The van der Waals surface area contributed by atoms with Crippen LogP contribution in [0.4, 0.5) is 0 Å². The molecule has 0 aliphatic carbocycles. The second-order valence-electron chi connectivity index (χ2n) is 6.20. The highest BCUT2D eigenvalue weighted by Gasteiger charge is 2.22. The van der Waals surface area contributed by atoms with Crippen LogP contribution in [-0.4, -0.2) is 21.4 Å². The molecule has 0 fully saturated rings. The summed E-state index contributed by atoms with van der Waals surface area (Å²) in [6.45, 7) is 4.95. The fraction of sp³-hybridized carbons (Fsp3) is 0.500. The number of aromatic nitrogens is 3. The summed E-state index contributed by atoms with van der Waals surface area (Å²) < 4.78 is 1.98. The molecular weight excluding hydrogens is 300 g/mol. The van der Waals surface area contributed by atoms with E-state index >= 15 is 0 Å². The number of nitrogens with one attached hydrogen (secondary N) is 2. The molecule has 0 radical (unpaired) electrons. The number of nitrogens with zero attached hydrogens (tertiary/aromatic N) is 4. The van der Waals surface area contributed by atoms with Crippen molar-refractivity contribution < 1.29 is 0 Å². The standard InChI is InChI=1S/C18H24N6/c1-3-5-13(4-2)16(6-8-19)24-11-14(10-23-24)17-15-7-9-20-18(15)22-12-21-17/h7,9-11,13,16,21H,3-6,12H2,1-2H3,(H,20,22)/t13?,16-/m1/s1. The average molecular weight is 324 g/mol. The van der Waals surface area contributed by atoms with Gasteiger partial charge in [0.05, 0.1) is 30.4 Å². The highest BCUT2D eigenvalue weighted by atomic mass is 15.3. The quantitative estimate of drug-likeness (QED) is 0.815. The summed E-state index contributed by atoms with van der Waals surface area (Å²) >= 11 is 0. The molecule has 3 rings (SSSR count). The zero-order valence-corrected chi connectivity index (χ0v) is 14.3. The first-order valence-electron chi connectivity index (χ1n) is 8.66. The minimum Gasteiger partial charge on any atom is -0.365 e. The van der Waals surface area contributed by atoms with Crippen LogP contribution in [0.25, 0.3) is 5.70 Å². The number of hydrogen-bond acceptors (Lipinski definition) is 4. The summed E-state index contributed by atoms with van der Waals surface area (Å²) in [5.74, 6) is 0.476. The van der Waals surface area contributed by atoms with Gasteiger partial charge in [0, 0.05) is 23.2 Å². The molecule has 6 heteroatoms. The van der Waals surface area contributed by atoms with Crippen molar-refractivity contribution in [2.24, 2.45) is 10.9 Å². The van der Waals surface area contributed by atoms with Crippen LogP contribution in [0.15, 0.2) is 29.6 Å². The molecule has 0 amide bonds. The molecule has 2 N–H and O–H groups in total. The van der Waals surface area contributed by atoms with E-state index in [1.54, 1.807) is 0 Å². The van der Waals surface area contributed by atoms with Crippen LogP contribution >= 0.6 is 0 Å². The summed E-state index contributed by atoms with van der Waals surface area (Å²) in [4.78, 5) is 7.56. The van der Waals surface area contributed by atoms with E-state index in [1.165, 1.54) is 0 Å². The van der Waals surface area contributed by atoms with Crippen molar-refractivity contribution in [3.8, 4) is 6.07 Å². The van der Waals surface area contributed by atoms with Crippen molar-refractivity contribution in [3.05, 3.63) is 40.9 Å². The molecule has 1 unspecified atom stereocenters. The number of fused-ring (bicyclic) bond motifs is 1. The molecule has 0 saturated heterocycles. The Labute approximate surface area is 141 Å². The number of H-pyrrole nitrogens is 1. The molecule has 2 aromatic heterocycles. The van der Waals surface area contributed by atoms with Crippen molar-refractivity contribution in [1.29, 1.82) is 5.26 Å². The molecule has 1 aliphatic heterocycles. The van der Waals surface area contributed by atoms with Crippen molar-refractivity contribution >= 4 is 5.70 Å². The van der Waals surface area contributed by atoms with Crippen molar-refractivity contribution in [1.82, 2.24) is 20.1 Å². The summed E-state index contributed by atoms with van der Waals surface area (Å²) in [5.41, 5.74) is 2.99. The van der Waals surface area contributed by atoms with E-state index in [4.69, 9.17) is 0 Å². The third-order valence-corrected chi connectivity index (χ3v) is 4.75. The Morgan fingerprint density at radius 2 is 2.29 bits per heavy atom. The van der Waals surface area contributed by atoms with E-state index in [9.17, 15) is 5.26 Å². The van der Waals surface area contributed by atoms with Gasteiger partial charge in [-0.15, -0.1) is 0 Å². The molecule has 24 heavy (non-hydrogen) atoms. The lowest BCUT2D eigenvalue weighted by atomic mass is 9.90. The Morgan fingerprint density at radius 1 is 1.42 bits per heavy atom. The van der Waals surface area contributed by atoms with Crippen molar-refractivity contribution in [2.45, 2.75) is 45.6 Å². The van der Waals surface area contributed by atoms with E-state index in [1.807, 2.05) is 23.1 Å². The van der Waals surface area contributed by atoms with Crippen LogP contribution in [-0.2, 0) is 0 Å². The summed E-state index contributed by atoms with van der Waals surface area (Å²) in [5, 5.41) is 18.2. The van der Waals surface area contributed by atoms with Gasteiger partial charge in [-0.25, -0.2) is 4.99 Å². The van der Waals surface area contributed by atoms with Crippen LogP contribution in [0.5, 0.6) is 0 Å². The van der Waals surface area contributed by atoms with Gasteiger partial charge < -0.3 is 10.3 Å². The minimum absolute atomic E-state index is 0.133. The van der Waals surface area contributed by atoms with Crippen LogP contribution in [0.1, 0.15) is 51.1 Å². The van der Waals surface area contributed by atoms with Crippen molar-refractivity contribution in [3.63, 3.8) is 0 Å². The fourth-order valence-electron chi connectivity index (χ4n) is 3.50. The number of rotatable bonds is 7. The zero-order chi connectivity index (χ0) is 16.9. The third-order valence-electron chi connectivity index (χ3n) is 4.75. The molecule has 0 aromatic carbocycles. The van der Waals surface area contributed by atoms with Gasteiger partial charge in [-0.2, -0.15) is 10.4 Å². The SMILES string of the molecule is CCCC(CC)[C@@H](CC#N)n1cc(C2=c3cc[nH]c3=NCN2)cn1. The largest absolute Gasteiger partial charge is 0.365 e. The maximum absolute atomic E-state index is 9.24. The molecule has 3 heterocycles. The molecule has 6 nitrogen and oxygen atoms in total. The molecule has 0 bridgehead atoms. The highest BCUT2D eigenvalue weighted by Crippen LogP contribution is 2.28. The van der Waals surface area contributed by atoms with Gasteiger partial charge in [0.25, 0.3) is 0 Å². The zero-order valence-electron chi connectivity index (χ0n) is 14.3. The maximum Gasteiger partial charge on any atom is 0.136 e. The molecular formula is C18H24N6. The molecule has 2 atom stereocenters. The minimum atomic E-state index is 0.133. The van der Waals surface area contributed by atoms with Crippen LogP contribution in [0.2, 0.25) is 0 Å². The highest BCUT2D eigenvalue weighted by molar-refractivity contribution is 5.62. The normalized spacial score (nSPS) is 15.8. The fourth-order valence-corrected chi connectivity index (χ4v) is 3.50. The third kappa shape index (κ3) is 3.07. The predicted octanol–water partition coefficient (Wildman–Crippen LogP) is 1.83. The lowest BCUT2D eigenvalue weighted by molar-refractivity contribution is 0.282. The van der Waals surface area contributed by atoms with E-state index in [-0.39, 0.29) is 6.04 Å². The van der Waals surface area contributed by atoms with Gasteiger partial charge in [0.1, 0.15) is 12.2 Å². The monoisotopic (exact) mass is 324 g/mol. The lowest BCUT2D eigenvalue weighted by Gasteiger charge is -2.24. The Bertz CT molecular complexity index is 837. The number of aromatic amines is 1. The van der Waals surface area contributed by atoms with Crippen molar-refractivity contribution in [2.75, 3.05) is 6.67 Å². The van der Waals surface area contributed by atoms with Gasteiger partial charge in [0.2, 0.25) is 0 Å². The van der Waals surface area contributed by atoms with Crippen LogP contribution in [0.3, 0.4) is 0 Å². The Kier molecular flexibility index (Phi) is 4.99. The number of nitriles is 1. The van der Waals surface area contributed by atoms with Gasteiger partial charge >= 0.3 is 0 Å². The molecule has 2 aromatic rings. The van der Waals surface area contributed by atoms with Crippen LogP contribution < -0.4 is 16.0 Å². The first-order valence-corrected chi connectivity index (χ1v) is 8.66. The summed E-state index contributed by atoms with van der Waals surface area (Å²) in [6.07, 6.45) is 9.64.